The van der Waals surface area contributed by atoms with Crippen molar-refractivity contribution in [3.63, 3.8) is 0 Å². The molecule has 1 aliphatic rings. The van der Waals surface area contributed by atoms with E-state index in [1.54, 1.807) is 0 Å². The van der Waals surface area contributed by atoms with E-state index in [0.717, 1.165) is 38.4 Å². The maximum atomic E-state index is 12.2. The minimum atomic E-state index is -3.45. The van der Waals surface area contributed by atoms with Gasteiger partial charge in [-0.05, 0) is 19.3 Å². The Morgan fingerprint density at radius 3 is 2.57 bits per heavy atom. The summed E-state index contributed by atoms with van der Waals surface area (Å²) in [6, 6.07) is 0. The van der Waals surface area contributed by atoms with Crippen molar-refractivity contribution >= 4 is 37.6 Å². The third-order valence-electron chi connectivity index (χ3n) is 3.51. The number of carbonyl (C=O) groups excluding carboxylic acids is 1. The van der Waals surface area contributed by atoms with Crippen molar-refractivity contribution in [2.45, 2.75) is 43.9 Å². The van der Waals surface area contributed by atoms with Crippen molar-refractivity contribution in [1.29, 1.82) is 0 Å². The molecule has 1 aliphatic carbocycles. The van der Waals surface area contributed by atoms with Gasteiger partial charge in [0.2, 0.25) is 0 Å². The molecule has 2 rings (SSSR count). The second-order valence-corrected chi connectivity index (χ2v) is 8.52. The van der Waals surface area contributed by atoms with Gasteiger partial charge in [-0.25, -0.2) is 8.42 Å². The van der Waals surface area contributed by atoms with Crippen LogP contribution in [-0.2, 0) is 9.84 Å². The molecular formula is C14H22N2O3S2. The molecule has 0 saturated heterocycles. The molecule has 118 valence electrons. The van der Waals surface area contributed by atoms with Crippen LogP contribution >= 0.6 is 11.3 Å². The van der Waals surface area contributed by atoms with Crippen LogP contribution in [-0.4, -0.2) is 27.0 Å². The summed E-state index contributed by atoms with van der Waals surface area (Å²) < 4.78 is 23.9. The van der Waals surface area contributed by atoms with Crippen molar-refractivity contribution in [1.82, 2.24) is 0 Å². The van der Waals surface area contributed by atoms with E-state index < -0.39 is 9.84 Å². The van der Waals surface area contributed by atoms with E-state index in [1.807, 2.05) is 0 Å². The van der Waals surface area contributed by atoms with Crippen LogP contribution < -0.4 is 11.1 Å². The normalized spacial score (nSPS) is 15.1. The molecule has 5 nitrogen and oxygen atoms in total. The van der Waals surface area contributed by atoms with Gasteiger partial charge in [0, 0.05) is 18.7 Å². The number of nitrogens with two attached hydrogens (primary N) is 1. The molecule has 7 heteroatoms. The molecule has 0 amide bonds. The van der Waals surface area contributed by atoms with Gasteiger partial charge in [-0.3, -0.25) is 4.79 Å². The number of hydrogen-bond donors (Lipinski definition) is 2. The molecule has 0 bridgehead atoms. The summed E-state index contributed by atoms with van der Waals surface area (Å²) in [5.41, 5.74) is 6.08. The number of nitrogens with one attached hydrogen (secondary N) is 1. The van der Waals surface area contributed by atoms with Crippen LogP contribution in [0.3, 0.4) is 0 Å². The van der Waals surface area contributed by atoms with Crippen molar-refractivity contribution in [2.75, 3.05) is 23.9 Å². The van der Waals surface area contributed by atoms with Crippen LogP contribution in [0.25, 0.3) is 0 Å². The number of thiophene rings is 1. The van der Waals surface area contributed by atoms with Gasteiger partial charge in [0.15, 0.2) is 15.6 Å². The summed E-state index contributed by atoms with van der Waals surface area (Å²) in [6.07, 6.45) is 6.03. The number of ketones is 1. The molecule has 1 saturated carbocycles. The lowest BCUT2D eigenvalue weighted by atomic mass is 10.2. The Labute approximate surface area is 129 Å². The third-order valence-corrected chi connectivity index (χ3v) is 5.98. The SMILES string of the molecule is CCCCCNc1sc(C(=O)C2CC2)c(N)c1S(C)(=O)=O. The summed E-state index contributed by atoms with van der Waals surface area (Å²) in [4.78, 5) is 12.7. The first kappa shape index (κ1) is 16.3. The van der Waals surface area contributed by atoms with Crippen LogP contribution in [0.1, 0.15) is 48.7 Å². The number of anilines is 2. The second kappa shape index (κ2) is 6.36. The Morgan fingerprint density at radius 2 is 2.05 bits per heavy atom. The van der Waals surface area contributed by atoms with Crippen LogP contribution in [0.2, 0.25) is 0 Å². The largest absolute Gasteiger partial charge is 0.396 e. The van der Waals surface area contributed by atoms with Gasteiger partial charge in [0.1, 0.15) is 9.90 Å². The average Bonchev–Trinajstić information content (AvgIpc) is 3.17. The van der Waals surface area contributed by atoms with Gasteiger partial charge in [0.25, 0.3) is 0 Å². The van der Waals surface area contributed by atoms with Crippen molar-refractivity contribution in [3.05, 3.63) is 4.88 Å². The molecule has 0 unspecified atom stereocenters. The third kappa shape index (κ3) is 3.77. The number of rotatable bonds is 8. The Bertz CT molecular complexity index is 631. The highest BCUT2D eigenvalue weighted by Crippen LogP contribution is 2.43. The highest BCUT2D eigenvalue weighted by atomic mass is 32.2. The quantitative estimate of drug-likeness (QED) is 0.565. The number of Topliss-reactive ketones (excluding diaryl/α,β-unsaturated/α-hetero) is 1. The van der Waals surface area contributed by atoms with Crippen LogP contribution in [0, 0.1) is 5.92 Å². The Hall–Kier alpha value is -1.08. The summed E-state index contributed by atoms with van der Waals surface area (Å²) in [5.74, 6) is 0.0234. The zero-order valence-corrected chi connectivity index (χ0v) is 14.1. The van der Waals surface area contributed by atoms with Gasteiger partial charge in [-0.2, -0.15) is 0 Å². The molecule has 0 aromatic carbocycles. The standard InChI is InChI=1S/C14H22N2O3S2/c1-3-4-5-8-16-14-13(21(2,18)19)10(15)12(20-14)11(17)9-6-7-9/h9,16H,3-8,15H2,1-2H3. The van der Waals surface area contributed by atoms with Crippen molar-refractivity contribution < 1.29 is 13.2 Å². The number of carbonyl (C=O) groups is 1. The molecule has 1 heterocycles. The molecule has 1 fully saturated rings. The van der Waals surface area contributed by atoms with Crippen LogP contribution in [0.5, 0.6) is 0 Å². The molecule has 1 aromatic rings. The Kier molecular flexibility index (Phi) is 4.93. The lowest BCUT2D eigenvalue weighted by molar-refractivity contribution is 0.0972. The number of hydrogen-bond acceptors (Lipinski definition) is 6. The van der Waals surface area contributed by atoms with E-state index in [4.69, 9.17) is 5.73 Å². The molecule has 1 aromatic heterocycles. The molecule has 3 N–H and O–H groups in total. The zero-order valence-electron chi connectivity index (χ0n) is 12.4. The first-order chi connectivity index (χ1) is 9.86. The lowest BCUT2D eigenvalue weighted by Crippen LogP contribution is -2.08. The average molecular weight is 330 g/mol. The predicted octanol–water partition coefficient (Wildman–Crippen LogP) is 2.93. The second-order valence-electron chi connectivity index (χ2n) is 5.55. The fourth-order valence-electron chi connectivity index (χ4n) is 2.20. The minimum absolute atomic E-state index is 0.0102. The summed E-state index contributed by atoms with van der Waals surface area (Å²) in [6.45, 7) is 2.80. The topological polar surface area (TPSA) is 89.3 Å². The van der Waals surface area contributed by atoms with Crippen LogP contribution in [0.15, 0.2) is 4.90 Å². The maximum Gasteiger partial charge on any atom is 0.180 e. The smallest absolute Gasteiger partial charge is 0.180 e. The van der Waals surface area contributed by atoms with Gasteiger partial charge >= 0.3 is 0 Å². The fourth-order valence-corrected chi connectivity index (χ4v) is 4.82. The molecule has 0 spiro atoms. The van der Waals surface area contributed by atoms with E-state index in [-0.39, 0.29) is 22.3 Å². The first-order valence-corrected chi connectivity index (χ1v) is 9.97. The van der Waals surface area contributed by atoms with Gasteiger partial charge in [-0.1, -0.05) is 19.8 Å². The molecule has 21 heavy (non-hydrogen) atoms. The first-order valence-electron chi connectivity index (χ1n) is 7.26. The highest BCUT2D eigenvalue weighted by molar-refractivity contribution is 7.91. The van der Waals surface area contributed by atoms with Crippen molar-refractivity contribution in [3.8, 4) is 0 Å². The Morgan fingerprint density at radius 1 is 1.38 bits per heavy atom. The van der Waals surface area contributed by atoms with E-state index >= 15 is 0 Å². The Balaban J connectivity index is 2.28. The predicted molar refractivity (Wildman–Crippen MR) is 86.9 cm³/mol. The van der Waals surface area contributed by atoms with E-state index in [9.17, 15) is 13.2 Å². The van der Waals surface area contributed by atoms with Gasteiger partial charge in [-0.15, -0.1) is 11.3 Å². The number of sulfone groups is 1. The minimum Gasteiger partial charge on any atom is -0.396 e. The summed E-state index contributed by atoms with van der Waals surface area (Å²) in [5, 5.41) is 3.65. The van der Waals surface area contributed by atoms with E-state index in [2.05, 4.69) is 12.2 Å². The highest BCUT2D eigenvalue weighted by Gasteiger charge is 2.35. The van der Waals surface area contributed by atoms with E-state index in [1.165, 1.54) is 11.3 Å². The zero-order chi connectivity index (χ0) is 15.6. The summed E-state index contributed by atoms with van der Waals surface area (Å²) in [7, 11) is -3.45. The summed E-state index contributed by atoms with van der Waals surface area (Å²) >= 11 is 1.18. The van der Waals surface area contributed by atoms with Crippen LogP contribution in [0.4, 0.5) is 10.7 Å². The lowest BCUT2D eigenvalue weighted by Gasteiger charge is -2.06. The number of nitrogen functional groups attached to an aromatic ring is 1. The maximum absolute atomic E-state index is 12.2. The van der Waals surface area contributed by atoms with Gasteiger partial charge in [0.05, 0.1) is 10.6 Å². The molecule has 0 aliphatic heterocycles. The fraction of sp³-hybridized carbons (Fsp3) is 0.643. The molecular weight excluding hydrogens is 308 g/mol. The molecule has 0 atom stereocenters. The van der Waals surface area contributed by atoms with Crippen molar-refractivity contribution in [2.24, 2.45) is 5.92 Å². The van der Waals surface area contributed by atoms with Gasteiger partial charge < -0.3 is 11.1 Å². The van der Waals surface area contributed by atoms with E-state index in [0.29, 0.717) is 16.4 Å². The monoisotopic (exact) mass is 330 g/mol. The molecule has 0 radical (unpaired) electrons. The number of unbranched alkanes of at least 4 members (excludes halogenated alkanes) is 2.